The lowest BCUT2D eigenvalue weighted by atomic mass is 9.83. The summed E-state index contributed by atoms with van der Waals surface area (Å²) in [5.41, 5.74) is 6.43. The molecule has 106 valence electrons. The van der Waals surface area contributed by atoms with E-state index in [4.69, 9.17) is 10.5 Å². The lowest BCUT2D eigenvalue weighted by Crippen LogP contribution is -2.59. The van der Waals surface area contributed by atoms with E-state index in [-0.39, 0.29) is 5.54 Å². The lowest BCUT2D eigenvalue weighted by molar-refractivity contribution is -0.0766. The molecule has 0 radical (unpaired) electrons. The fourth-order valence-electron chi connectivity index (χ4n) is 3.51. The normalized spacial score (nSPS) is 33.0. The van der Waals surface area contributed by atoms with Crippen LogP contribution in [0.1, 0.15) is 58.8 Å². The minimum Gasteiger partial charge on any atom is -0.378 e. The third-order valence-corrected chi connectivity index (χ3v) is 4.58. The fourth-order valence-corrected chi connectivity index (χ4v) is 3.51. The van der Waals surface area contributed by atoms with Gasteiger partial charge in [-0.1, -0.05) is 20.3 Å². The average Bonchev–Trinajstić information content (AvgIpc) is 3.21. The SMILES string of the molecule is CCCC1CC(CN)(N(CCC)C2CC2)CCO1. The molecule has 1 saturated carbocycles. The summed E-state index contributed by atoms with van der Waals surface area (Å²) >= 11 is 0. The summed E-state index contributed by atoms with van der Waals surface area (Å²) in [6, 6.07) is 0.814. The Bertz CT molecular complexity index is 253. The van der Waals surface area contributed by atoms with E-state index in [0.29, 0.717) is 6.10 Å². The maximum Gasteiger partial charge on any atom is 0.0593 e. The summed E-state index contributed by atoms with van der Waals surface area (Å²) in [6.45, 7) is 7.43. The van der Waals surface area contributed by atoms with Crippen molar-refractivity contribution in [1.82, 2.24) is 4.90 Å². The van der Waals surface area contributed by atoms with Crippen molar-refractivity contribution in [3.05, 3.63) is 0 Å². The van der Waals surface area contributed by atoms with Gasteiger partial charge in [0, 0.05) is 24.7 Å². The van der Waals surface area contributed by atoms with Gasteiger partial charge in [0.1, 0.15) is 0 Å². The molecular formula is C15H30N2O. The molecule has 0 spiro atoms. The number of ether oxygens (including phenoxy) is 1. The van der Waals surface area contributed by atoms with Gasteiger partial charge in [0.25, 0.3) is 0 Å². The van der Waals surface area contributed by atoms with E-state index in [1.807, 2.05) is 0 Å². The standard InChI is InChI=1S/C15H30N2O/c1-3-5-14-11-15(12-16,8-10-18-14)17(9-4-2)13-6-7-13/h13-14H,3-12,16H2,1-2H3. The molecule has 0 bridgehead atoms. The highest BCUT2D eigenvalue weighted by Gasteiger charge is 2.45. The van der Waals surface area contributed by atoms with Crippen LogP contribution in [0.3, 0.4) is 0 Å². The number of hydrogen-bond acceptors (Lipinski definition) is 3. The van der Waals surface area contributed by atoms with Crippen LogP contribution in [0.5, 0.6) is 0 Å². The van der Waals surface area contributed by atoms with E-state index >= 15 is 0 Å². The average molecular weight is 254 g/mol. The second-order valence-electron chi connectivity index (χ2n) is 6.09. The second kappa shape index (κ2) is 6.36. The van der Waals surface area contributed by atoms with Crippen molar-refractivity contribution in [2.75, 3.05) is 19.7 Å². The molecule has 18 heavy (non-hydrogen) atoms. The molecule has 1 heterocycles. The van der Waals surface area contributed by atoms with Crippen LogP contribution in [0.15, 0.2) is 0 Å². The Balaban J connectivity index is 2.06. The van der Waals surface area contributed by atoms with Crippen LogP contribution in [0.25, 0.3) is 0 Å². The molecule has 2 N–H and O–H groups in total. The van der Waals surface area contributed by atoms with Crippen LogP contribution in [0.2, 0.25) is 0 Å². The largest absolute Gasteiger partial charge is 0.378 e. The first-order valence-corrected chi connectivity index (χ1v) is 7.84. The molecule has 0 aromatic heterocycles. The van der Waals surface area contributed by atoms with Gasteiger partial charge in [-0.3, -0.25) is 4.90 Å². The number of rotatable bonds is 7. The van der Waals surface area contributed by atoms with Gasteiger partial charge in [-0.25, -0.2) is 0 Å². The van der Waals surface area contributed by atoms with Crippen LogP contribution < -0.4 is 5.73 Å². The van der Waals surface area contributed by atoms with Crippen LogP contribution >= 0.6 is 0 Å². The lowest BCUT2D eigenvalue weighted by Gasteiger charge is -2.48. The molecule has 1 saturated heterocycles. The molecule has 2 atom stereocenters. The van der Waals surface area contributed by atoms with Crippen molar-refractivity contribution in [1.29, 1.82) is 0 Å². The highest BCUT2D eigenvalue weighted by atomic mass is 16.5. The maximum absolute atomic E-state index is 6.20. The Morgan fingerprint density at radius 1 is 1.28 bits per heavy atom. The van der Waals surface area contributed by atoms with Crippen molar-refractivity contribution in [2.24, 2.45) is 5.73 Å². The number of hydrogen-bond donors (Lipinski definition) is 1. The molecule has 2 rings (SSSR count). The topological polar surface area (TPSA) is 38.5 Å². The Kier molecular flexibility index (Phi) is 5.05. The van der Waals surface area contributed by atoms with Gasteiger partial charge in [0.05, 0.1) is 6.10 Å². The molecule has 3 heteroatoms. The highest BCUT2D eigenvalue weighted by Crippen LogP contribution is 2.39. The summed E-state index contributed by atoms with van der Waals surface area (Å²) in [7, 11) is 0. The maximum atomic E-state index is 6.20. The Morgan fingerprint density at radius 3 is 2.61 bits per heavy atom. The predicted octanol–water partition coefficient (Wildman–Crippen LogP) is 2.54. The Morgan fingerprint density at radius 2 is 2.06 bits per heavy atom. The van der Waals surface area contributed by atoms with Crippen molar-refractivity contribution in [3.63, 3.8) is 0 Å². The smallest absolute Gasteiger partial charge is 0.0593 e. The zero-order chi connectivity index (χ0) is 13.0. The second-order valence-corrected chi connectivity index (χ2v) is 6.09. The minimum absolute atomic E-state index is 0.231. The van der Waals surface area contributed by atoms with Crippen molar-refractivity contribution in [3.8, 4) is 0 Å². The molecule has 0 amide bonds. The quantitative estimate of drug-likeness (QED) is 0.759. The van der Waals surface area contributed by atoms with Gasteiger partial charge in [-0.05, 0) is 45.1 Å². The first kappa shape index (κ1) is 14.3. The molecule has 2 aliphatic rings. The van der Waals surface area contributed by atoms with E-state index in [9.17, 15) is 0 Å². The van der Waals surface area contributed by atoms with Gasteiger partial charge in [-0.15, -0.1) is 0 Å². The van der Waals surface area contributed by atoms with Gasteiger partial charge < -0.3 is 10.5 Å². The van der Waals surface area contributed by atoms with E-state index < -0.39 is 0 Å². The van der Waals surface area contributed by atoms with Gasteiger partial charge in [0.15, 0.2) is 0 Å². The first-order chi connectivity index (χ1) is 8.75. The Labute approximate surface area is 112 Å². The summed E-state index contributed by atoms with van der Waals surface area (Å²) in [4.78, 5) is 2.73. The highest BCUT2D eigenvalue weighted by molar-refractivity contribution is 5.01. The fraction of sp³-hybridized carbons (Fsp3) is 1.00. The van der Waals surface area contributed by atoms with Crippen molar-refractivity contribution in [2.45, 2.75) is 76.5 Å². The Hall–Kier alpha value is -0.120. The van der Waals surface area contributed by atoms with Crippen molar-refractivity contribution >= 4 is 0 Å². The zero-order valence-electron chi connectivity index (χ0n) is 12.2. The summed E-state index contributed by atoms with van der Waals surface area (Å²) in [6.07, 6.45) is 9.09. The van der Waals surface area contributed by atoms with Crippen LogP contribution in [0, 0.1) is 0 Å². The minimum atomic E-state index is 0.231. The van der Waals surface area contributed by atoms with Gasteiger partial charge >= 0.3 is 0 Å². The molecule has 1 aliphatic carbocycles. The molecule has 0 aromatic carbocycles. The summed E-state index contributed by atoms with van der Waals surface area (Å²) in [5, 5.41) is 0. The van der Waals surface area contributed by atoms with Gasteiger partial charge in [-0.2, -0.15) is 0 Å². The van der Waals surface area contributed by atoms with E-state index in [1.54, 1.807) is 0 Å². The number of nitrogens with two attached hydrogens (primary N) is 1. The monoisotopic (exact) mass is 254 g/mol. The summed E-state index contributed by atoms with van der Waals surface area (Å²) < 4.78 is 5.92. The van der Waals surface area contributed by atoms with E-state index in [1.165, 1.54) is 38.6 Å². The third-order valence-electron chi connectivity index (χ3n) is 4.58. The molecule has 1 aliphatic heterocycles. The van der Waals surface area contributed by atoms with Crippen LogP contribution in [0.4, 0.5) is 0 Å². The first-order valence-electron chi connectivity index (χ1n) is 7.84. The third kappa shape index (κ3) is 3.06. The zero-order valence-corrected chi connectivity index (χ0v) is 12.2. The van der Waals surface area contributed by atoms with E-state index in [2.05, 4.69) is 18.7 Å². The number of nitrogens with zero attached hydrogens (tertiary/aromatic N) is 1. The molecule has 3 nitrogen and oxygen atoms in total. The van der Waals surface area contributed by atoms with Gasteiger partial charge in [0.2, 0.25) is 0 Å². The van der Waals surface area contributed by atoms with E-state index in [0.717, 1.165) is 32.0 Å². The molecule has 2 fully saturated rings. The van der Waals surface area contributed by atoms with Crippen LogP contribution in [-0.4, -0.2) is 42.3 Å². The summed E-state index contributed by atoms with van der Waals surface area (Å²) in [5.74, 6) is 0. The molecule has 2 unspecified atom stereocenters. The predicted molar refractivity (Wildman–Crippen MR) is 75.7 cm³/mol. The van der Waals surface area contributed by atoms with Crippen molar-refractivity contribution < 1.29 is 4.74 Å². The molecule has 0 aromatic rings. The molecular weight excluding hydrogens is 224 g/mol. The van der Waals surface area contributed by atoms with Crippen LogP contribution in [-0.2, 0) is 4.74 Å².